The summed E-state index contributed by atoms with van der Waals surface area (Å²) in [5.74, 6) is 0.896. The monoisotopic (exact) mass is 390 g/mol. The van der Waals surface area contributed by atoms with Crippen molar-refractivity contribution in [2.45, 2.75) is 6.42 Å². The highest BCUT2D eigenvalue weighted by atomic mass is 79.9. The first-order valence-corrected chi connectivity index (χ1v) is 8.66. The maximum Gasteiger partial charge on any atom is 0.225 e. The minimum Gasteiger partial charge on any atom is -0.383 e. The molecule has 0 radical (unpaired) electrons. The molecule has 3 rings (SSSR count). The normalized spacial score (nSPS) is 14.5. The summed E-state index contributed by atoms with van der Waals surface area (Å²) in [4.78, 5) is 28.9. The Hall–Kier alpha value is -2.22. The molecule has 0 spiro atoms. The number of rotatable bonds is 5. The Labute approximate surface area is 149 Å². The maximum atomic E-state index is 12.3. The Morgan fingerprint density at radius 1 is 1.17 bits per heavy atom. The van der Waals surface area contributed by atoms with Gasteiger partial charge in [0.25, 0.3) is 0 Å². The molecule has 0 saturated carbocycles. The van der Waals surface area contributed by atoms with Crippen molar-refractivity contribution in [3.05, 3.63) is 41.4 Å². The maximum absolute atomic E-state index is 12.3. The van der Waals surface area contributed by atoms with Crippen LogP contribution in [0.25, 0.3) is 0 Å². The van der Waals surface area contributed by atoms with E-state index in [0.29, 0.717) is 26.1 Å². The van der Waals surface area contributed by atoms with E-state index in [-0.39, 0.29) is 5.91 Å². The molecule has 0 bridgehead atoms. The van der Waals surface area contributed by atoms with Crippen LogP contribution in [-0.4, -0.2) is 58.5 Å². The summed E-state index contributed by atoms with van der Waals surface area (Å²) in [6, 6.07) is 3.74. The summed E-state index contributed by atoms with van der Waals surface area (Å²) in [6.07, 6.45) is 7.42. The number of hydrogen-bond acceptors (Lipinski definition) is 6. The van der Waals surface area contributed by atoms with E-state index in [1.807, 2.05) is 11.0 Å². The molecule has 7 nitrogen and oxygen atoms in total. The van der Waals surface area contributed by atoms with E-state index in [2.05, 4.69) is 41.1 Å². The molecule has 1 aliphatic heterocycles. The molecule has 0 aromatic carbocycles. The lowest BCUT2D eigenvalue weighted by molar-refractivity contribution is -0.131. The molecule has 1 saturated heterocycles. The zero-order valence-electron chi connectivity index (χ0n) is 13.2. The molecule has 2 aromatic heterocycles. The lowest BCUT2D eigenvalue weighted by atomic mass is 10.2. The average molecular weight is 391 g/mol. The van der Waals surface area contributed by atoms with Gasteiger partial charge in [-0.05, 0) is 28.1 Å². The number of carbonyl (C=O) groups excluding carboxylic acids is 1. The van der Waals surface area contributed by atoms with Crippen molar-refractivity contribution in [2.75, 3.05) is 42.9 Å². The summed E-state index contributed by atoms with van der Waals surface area (Å²) in [5, 5.41) is 3.22. The zero-order chi connectivity index (χ0) is 16.8. The standard InChI is InChI=1S/C16H19BrN6O/c17-13-10-14(12-18-11-13)19-5-2-15(24)22-6-8-23(9-7-22)16-20-3-1-4-21-16/h1,3-4,10-12,19H,2,5-9H2. The van der Waals surface area contributed by atoms with Crippen molar-refractivity contribution in [1.29, 1.82) is 0 Å². The SMILES string of the molecule is O=C(CCNc1cncc(Br)c1)N1CCN(c2ncccn2)CC1. The van der Waals surface area contributed by atoms with Gasteiger partial charge in [0.15, 0.2) is 0 Å². The molecule has 8 heteroatoms. The fourth-order valence-electron chi connectivity index (χ4n) is 2.59. The predicted octanol–water partition coefficient (Wildman–Crippen LogP) is 1.78. The zero-order valence-corrected chi connectivity index (χ0v) is 14.8. The van der Waals surface area contributed by atoms with Crippen molar-refractivity contribution in [3.8, 4) is 0 Å². The van der Waals surface area contributed by atoms with Gasteiger partial charge in [0, 0.05) is 62.2 Å². The minimum absolute atomic E-state index is 0.166. The van der Waals surface area contributed by atoms with Gasteiger partial charge in [-0.15, -0.1) is 0 Å². The molecule has 0 aliphatic carbocycles. The fraction of sp³-hybridized carbons (Fsp3) is 0.375. The highest BCUT2D eigenvalue weighted by molar-refractivity contribution is 9.10. The molecule has 0 atom stereocenters. The number of nitrogens with one attached hydrogen (secondary N) is 1. The van der Waals surface area contributed by atoms with Gasteiger partial charge in [0.2, 0.25) is 11.9 Å². The summed E-state index contributed by atoms with van der Waals surface area (Å²) >= 11 is 3.38. The third-order valence-corrected chi connectivity index (χ3v) is 4.27. The summed E-state index contributed by atoms with van der Waals surface area (Å²) in [7, 11) is 0. The summed E-state index contributed by atoms with van der Waals surface area (Å²) in [5.41, 5.74) is 0.906. The third-order valence-electron chi connectivity index (χ3n) is 3.84. The van der Waals surface area contributed by atoms with E-state index in [1.165, 1.54) is 0 Å². The van der Waals surface area contributed by atoms with Crippen LogP contribution in [0.1, 0.15) is 6.42 Å². The van der Waals surface area contributed by atoms with Crippen LogP contribution >= 0.6 is 15.9 Å². The first-order valence-electron chi connectivity index (χ1n) is 7.86. The van der Waals surface area contributed by atoms with Crippen LogP contribution in [-0.2, 0) is 4.79 Å². The molecule has 126 valence electrons. The van der Waals surface area contributed by atoms with Gasteiger partial charge in [-0.1, -0.05) is 0 Å². The Kier molecular flexibility index (Phi) is 5.58. The topological polar surface area (TPSA) is 74.2 Å². The number of pyridine rings is 1. The fourth-order valence-corrected chi connectivity index (χ4v) is 2.96. The van der Waals surface area contributed by atoms with Gasteiger partial charge in [0.1, 0.15) is 0 Å². The smallest absolute Gasteiger partial charge is 0.225 e. The highest BCUT2D eigenvalue weighted by Crippen LogP contribution is 2.14. The second-order valence-electron chi connectivity index (χ2n) is 5.49. The minimum atomic E-state index is 0.166. The van der Waals surface area contributed by atoms with Crippen LogP contribution in [0, 0.1) is 0 Å². The van der Waals surface area contributed by atoms with Crippen molar-refractivity contribution in [3.63, 3.8) is 0 Å². The van der Waals surface area contributed by atoms with Gasteiger partial charge in [-0.25, -0.2) is 9.97 Å². The Balaban J connectivity index is 1.42. The van der Waals surface area contributed by atoms with Crippen LogP contribution in [0.2, 0.25) is 0 Å². The van der Waals surface area contributed by atoms with Crippen molar-refractivity contribution >= 4 is 33.5 Å². The number of aromatic nitrogens is 3. The molecule has 2 aromatic rings. The Bertz CT molecular complexity index is 675. The number of piperazine rings is 1. The third kappa shape index (κ3) is 4.41. The average Bonchev–Trinajstić information content (AvgIpc) is 2.63. The van der Waals surface area contributed by atoms with E-state index in [1.54, 1.807) is 30.9 Å². The van der Waals surface area contributed by atoms with Gasteiger partial charge in [0.05, 0.1) is 11.9 Å². The van der Waals surface area contributed by atoms with Crippen LogP contribution in [0.3, 0.4) is 0 Å². The number of hydrogen-bond donors (Lipinski definition) is 1. The predicted molar refractivity (Wildman–Crippen MR) is 95.9 cm³/mol. The quantitative estimate of drug-likeness (QED) is 0.838. The molecular weight excluding hydrogens is 372 g/mol. The van der Waals surface area contributed by atoms with Crippen molar-refractivity contribution in [2.24, 2.45) is 0 Å². The van der Waals surface area contributed by atoms with Crippen LogP contribution in [0.4, 0.5) is 11.6 Å². The highest BCUT2D eigenvalue weighted by Gasteiger charge is 2.21. The first kappa shape index (κ1) is 16.6. The molecule has 3 heterocycles. The number of nitrogens with zero attached hydrogens (tertiary/aromatic N) is 5. The largest absolute Gasteiger partial charge is 0.383 e. The summed E-state index contributed by atoms with van der Waals surface area (Å²) < 4.78 is 0.915. The van der Waals surface area contributed by atoms with Crippen molar-refractivity contribution in [1.82, 2.24) is 19.9 Å². The van der Waals surface area contributed by atoms with Crippen LogP contribution < -0.4 is 10.2 Å². The molecule has 24 heavy (non-hydrogen) atoms. The lowest BCUT2D eigenvalue weighted by Crippen LogP contribution is -2.49. The van der Waals surface area contributed by atoms with E-state index in [9.17, 15) is 4.79 Å². The van der Waals surface area contributed by atoms with Gasteiger partial charge >= 0.3 is 0 Å². The van der Waals surface area contributed by atoms with E-state index < -0.39 is 0 Å². The Morgan fingerprint density at radius 2 is 1.92 bits per heavy atom. The molecule has 1 aliphatic rings. The first-order chi connectivity index (χ1) is 11.7. The van der Waals surface area contributed by atoms with Gasteiger partial charge < -0.3 is 15.1 Å². The molecule has 1 N–H and O–H groups in total. The number of anilines is 2. The summed E-state index contributed by atoms with van der Waals surface area (Å²) in [6.45, 7) is 3.53. The van der Waals surface area contributed by atoms with Gasteiger partial charge in [-0.2, -0.15) is 0 Å². The number of carbonyl (C=O) groups is 1. The van der Waals surface area contributed by atoms with Crippen molar-refractivity contribution < 1.29 is 4.79 Å². The molecule has 1 fully saturated rings. The van der Waals surface area contributed by atoms with E-state index in [0.717, 1.165) is 29.2 Å². The van der Waals surface area contributed by atoms with Crippen LogP contribution in [0.5, 0.6) is 0 Å². The van der Waals surface area contributed by atoms with E-state index in [4.69, 9.17) is 0 Å². The molecule has 1 amide bonds. The van der Waals surface area contributed by atoms with E-state index >= 15 is 0 Å². The molecule has 0 unspecified atom stereocenters. The lowest BCUT2D eigenvalue weighted by Gasteiger charge is -2.34. The van der Waals surface area contributed by atoms with Gasteiger partial charge in [-0.3, -0.25) is 9.78 Å². The second-order valence-corrected chi connectivity index (χ2v) is 6.40. The number of amides is 1. The number of halogens is 1. The Morgan fingerprint density at radius 3 is 2.62 bits per heavy atom. The van der Waals surface area contributed by atoms with Crippen LogP contribution in [0.15, 0.2) is 41.4 Å². The second kappa shape index (κ2) is 8.05. The molecular formula is C16H19BrN6O.